The number of aryl methyl sites for hydroxylation is 1. The Morgan fingerprint density at radius 2 is 2.18 bits per heavy atom. The summed E-state index contributed by atoms with van der Waals surface area (Å²) in [5, 5.41) is 22.2. The molecule has 0 spiro atoms. The van der Waals surface area contributed by atoms with Crippen molar-refractivity contribution in [2.24, 2.45) is 0 Å². The van der Waals surface area contributed by atoms with E-state index in [-0.39, 0.29) is 12.2 Å². The first-order valence-electron chi connectivity index (χ1n) is 7.24. The van der Waals surface area contributed by atoms with E-state index in [0.29, 0.717) is 0 Å². The maximum absolute atomic E-state index is 13.6. The van der Waals surface area contributed by atoms with Gasteiger partial charge in [0.15, 0.2) is 5.82 Å². The molecule has 1 aliphatic rings. The number of nitrogens with one attached hydrogen (secondary N) is 1. The number of nitro groups is 1. The van der Waals surface area contributed by atoms with Gasteiger partial charge in [-0.1, -0.05) is 12.5 Å². The van der Waals surface area contributed by atoms with Crippen molar-refractivity contribution in [1.82, 2.24) is 14.8 Å². The van der Waals surface area contributed by atoms with Crippen LogP contribution in [0.2, 0.25) is 0 Å². The Bertz CT molecular complexity index is 701. The fourth-order valence-corrected chi connectivity index (χ4v) is 2.69. The molecule has 0 aliphatic carbocycles. The van der Waals surface area contributed by atoms with Gasteiger partial charge < -0.3 is 9.88 Å². The summed E-state index contributed by atoms with van der Waals surface area (Å²) in [5.41, 5.74) is -0.394. The summed E-state index contributed by atoms with van der Waals surface area (Å²) in [6, 6.07) is 4.00. The molecular formula is C14H16FN5O2. The zero-order valence-electron chi connectivity index (χ0n) is 12.0. The van der Waals surface area contributed by atoms with Gasteiger partial charge in [0.2, 0.25) is 5.82 Å². The average Bonchev–Trinajstić information content (AvgIpc) is 2.72. The zero-order valence-corrected chi connectivity index (χ0v) is 12.0. The second-order valence-corrected chi connectivity index (χ2v) is 5.24. The molecule has 1 aromatic heterocycles. The van der Waals surface area contributed by atoms with Gasteiger partial charge in [-0.05, 0) is 25.0 Å². The number of hydrogen-bond acceptors (Lipinski definition) is 5. The van der Waals surface area contributed by atoms with Crippen molar-refractivity contribution in [2.75, 3.05) is 5.32 Å². The molecule has 0 radical (unpaired) electrons. The van der Waals surface area contributed by atoms with Crippen molar-refractivity contribution in [1.29, 1.82) is 0 Å². The molecule has 3 rings (SSSR count). The molecule has 22 heavy (non-hydrogen) atoms. The maximum Gasteiger partial charge on any atom is 0.327 e. The number of rotatable bonds is 4. The number of fused-ring (bicyclic) bond motifs is 1. The van der Waals surface area contributed by atoms with Crippen molar-refractivity contribution in [3.05, 3.63) is 45.8 Å². The Morgan fingerprint density at radius 3 is 3.00 bits per heavy atom. The maximum atomic E-state index is 13.6. The monoisotopic (exact) mass is 305 g/mol. The SMILES string of the molecule is O=[N+]([O-])c1c(F)cccc1NCc1nnc2n1CCCCC2. The van der Waals surface area contributed by atoms with Crippen LogP contribution in [0.3, 0.4) is 0 Å². The standard InChI is InChI=1S/C14H16FN5O2/c15-10-5-4-6-11(14(10)20(21)22)16-9-13-18-17-12-7-2-1-3-8-19(12)13/h4-6,16H,1-3,7-9H2. The minimum Gasteiger partial charge on any atom is -0.372 e. The quantitative estimate of drug-likeness (QED) is 0.693. The number of nitrogens with zero attached hydrogens (tertiary/aromatic N) is 4. The van der Waals surface area contributed by atoms with Crippen molar-refractivity contribution in [3.63, 3.8) is 0 Å². The molecule has 0 amide bonds. The van der Waals surface area contributed by atoms with Gasteiger partial charge in [0.25, 0.3) is 0 Å². The Balaban J connectivity index is 1.80. The molecule has 7 nitrogen and oxygen atoms in total. The summed E-state index contributed by atoms with van der Waals surface area (Å²) in [6.07, 6.45) is 4.22. The zero-order chi connectivity index (χ0) is 15.5. The lowest BCUT2D eigenvalue weighted by Crippen LogP contribution is -2.11. The highest BCUT2D eigenvalue weighted by molar-refractivity contribution is 5.61. The highest BCUT2D eigenvalue weighted by Crippen LogP contribution is 2.27. The van der Waals surface area contributed by atoms with Crippen LogP contribution in [0.25, 0.3) is 0 Å². The minimum absolute atomic E-state index is 0.149. The van der Waals surface area contributed by atoms with Crippen LogP contribution < -0.4 is 5.32 Å². The highest BCUT2D eigenvalue weighted by Gasteiger charge is 2.20. The lowest BCUT2D eigenvalue weighted by molar-refractivity contribution is -0.386. The largest absolute Gasteiger partial charge is 0.372 e. The lowest BCUT2D eigenvalue weighted by Gasteiger charge is -2.09. The van der Waals surface area contributed by atoms with Crippen molar-refractivity contribution >= 4 is 11.4 Å². The summed E-state index contributed by atoms with van der Waals surface area (Å²) in [6.45, 7) is 1.13. The molecule has 0 saturated carbocycles. The second kappa shape index (κ2) is 6.08. The number of nitro benzene ring substituents is 1. The highest BCUT2D eigenvalue weighted by atomic mass is 19.1. The van der Waals surface area contributed by atoms with E-state index in [0.717, 1.165) is 49.9 Å². The van der Waals surface area contributed by atoms with E-state index >= 15 is 0 Å². The summed E-state index contributed by atoms with van der Waals surface area (Å²) in [5.74, 6) is 0.813. The predicted molar refractivity (Wildman–Crippen MR) is 78.0 cm³/mol. The van der Waals surface area contributed by atoms with Crippen LogP contribution in [0.15, 0.2) is 18.2 Å². The predicted octanol–water partition coefficient (Wildman–Crippen LogP) is 2.66. The van der Waals surface area contributed by atoms with Crippen molar-refractivity contribution in [2.45, 2.75) is 38.8 Å². The number of hydrogen-bond donors (Lipinski definition) is 1. The first kappa shape index (κ1) is 14.4. The Morgan fingerprint density at radius 1 is 1.32 bits per heavy atom. The Labute approximate surface area is 126 Å². The lowest BCUT2D eigenvalue weighted by atomic mass is 10.2. The number of benzene rings is 1. The number of aromatic nitrogens is 3. The average molecular weight is 305 g/mol. The van der Waals surface area contributed by atoms with Crippen LogP contribution in [0, 0.1) is 15.9 Å². The fourth-order valence-electron chi connectivity index (χ4n) is 2.69. The molecule has 0 bridgehead atoms. The summed E-state index contributed by atoms with van der Waals surface area (Å²) < 4.78 is 15.6. The van der Waals surface area contributed by atoms with Crippen LogP contribution in [0.5, 0.6) is 0 Å². The molecule has 2 aromatic rings. The van der Waals surface area contributed by atoms with E-state index in [2.05, 4.69) is 15.5 Å². The Kier molecular flexibility index (Phi) is 3.99. The topological polar surface area (TPSA) is 85.9 Å². The van der Waals surface area contributed by atoms with E-state index in [9.17, 15) is 14.5 Å². The van der Waals surface area contributed by atoms with Gasteiger partial charge in [-0.25, -0.2) is 0 Å². The van der Waals surface area contributed by atoms with Gasteiger partial charge in [0, 0.05) is 13.0 Å². The van der Waals surface area contributed by atoms with E-state index in [1.807, 2.05) is 4.57 Å². The molecule has 0 atom stereocenters. The molecule has 116 valence electrons. The second-order valence-electron chi connectivity index (χ2n) is 5.24. The molecule has 0 fully saturated rings. The van der Waals surface area contributed by atoms with Gasteiger partial charge in [-0.15, -0.1) is 10.2 Å². The molecule has 2 heterocycles. The van der Waals surface area contributed by atoms with Crippen LogP contribution in [-0.4, -0.2) is 19.7 Å². The third kappa shape index (κ3) is 2.76. The van der Waals surface area contributed by atoms with Gasteiger partial charge in [-0.3, -0.25) is 10.1 Å². The summed E-state index contributed by atoms with van der Waals surface area (Å²) >= 11 is 0. The molecule has 1 aliphatic heterocycles. The van der Waals surface area contributed by atoms with Crippen LogP contribution in [0.4, 0.5) is 15.8 Å². The summed E-state index contributed by atoms with van der Waals surface area (Å²) in [7, 11) is 0. The molecule has 1 N–H and O–H groups in total. The smallest absolute Gasteiger partial charge is 0.327 e. The normalized spacial score (nSPS) is 14.2. The van der Waals surface area contributed by atoms with Gasteiger partial charge in [-0.2, -0.15) is 4.39 Å². The van der Waals surface area contributed by atoms with Crippen LogP contribution in [0.1, 0.15) is 30.9 Å². The number of anilines is 1. The van der Waals surface area contributed by atoms with Crippen LogP contribution >= 0.6 is 0 Å². The number of para-hydroxylation sites is 1. The molecular weight excluding hydrogens is 289 g/mol. The van der Waals surface area contributed by atoms with Gasteiger partial charge in [0.1, 0.15) is 11.5 Å². The van der Waals surface area contributed by atoms with Crippen LogP contribution in [-0.2, 0) is 19.5 Å². The molecule has 8 heteroatoms. The third-order valence-corrected chi connectivity index (χ3v) is 3.79. The fraction of sp³-hybridized carbons (Fsp3) is 0.429. The van der Waals surface area contributed by atoms with Crippen molar-refractivity contribution in [3.8, 4) is 0 Å². The van der Waals surface area contributed by atoms with Gasteiger partial charge in [0.05, 0.1) is 11.5 Å². The third-order valence-electron chi connectivity index (χ3n) is 3.79. The van der Waals surface area contributed by atoms with Gasteiger partial charge >= 0.3 is 5.69 Å². The molecule has 1 aromatic carbocycles. The molecule has 0 unspecified atom stereocenters. The van der Waals surface area contributed by atoms with E-state index < -0.39 is 16.4 Å². The van der Waals surface area contributed by atoms with Crippen molar-refractivity contribution < 1.29 is 9.31 Å². The summed E-state index contributed by atoms with van der Waals surface area (Å²) in [4.78, 5) is 10.3. The van der Waals surface area contributed by atoms with E-state index in [1.54, 1.807) is 0 Å². The van der Waals surface area contributed by atoms with E-state index in [4.69, 9.17) is 0 Å². The Hall–Kier alpha value is -2.51. The first-order chi connectivity index (χ1) is 10.7. The van der Waals surface area contributed by atoms with E-state index in [1.165, 1.54) is 12.1 Å². The number of halogens is 1. The molecule has 0 saturated heterocycles. The first-order valence-corrected chi connectivity index (χ1v) is 7.24. The minimum atomic E-state index is -0.852.